The zero-order chi connectivity index (χ0) is 51.6. The van der Waals surface area contributed by atoms with Gasteiger partial charge in [0.15, 0.2) is 0 Å². The Morgan fingerprint density at radius 3 is 1.28 bits per heavy atom. The molecular formula is C69H100. The molecule has 0 heteroatoms. The van der Waals surface area contributed by atoms with Crippen molar-refractivity contribution in [1.29, 1.82) is 0 Å². The fraction of sp³-hybridized carbons (Fsp3) is 0.623. The minimum atomic E-state index is 0.270. The van der Waals surface area contributed by atoms with Gasteiger partial charge in [0.1, 0.15) is 0 Å². The summed E-state index contributed by atoms with van der Waals surface area (Å²) in [4.78, 5) is 0. The molecule has 69 heavy (non-hydrogen) atoms. The van der Waals surface area contributed by atoms with Gasteiger partial charge >= 0.3 is 0 Å². The van der Waals surface area contributed by atoms with Crippen LogP contribution in [0.1, 0.15) is 217 Å². The van der Waals surface area contributed by atoms with Gasteiger partial charge in [0, 0.05) is 23.7 Å². The molecule has 0 nitrogen and oxygen atoms in total. The maximum Gasteiger partial charge on any atom is 0.0132 e. The van der Waals surface area contributed by atoms with Crippen molar-refractivity contribution in [3.63, 3.8) is 0 Å². The fourth-order valence-electron chi connectivity index (χ4n) is 15.8. The molecule has 0 heterocycles. The third-order valence-corrected chi connectivity index (χ3v) is 22.7. The molecule has 0 bridgehead atoms. The third-order valence-electron chi connectivity index (χ3n) is 22.7. The Balaban J connectivity index is 1.37. The zero-order valence-corrected chi connectivity index (χ0v) is 49.1. The molecule has 0 fully saturated rings. The first-order valence-electron chi connectivity index (χ1n) is 28.2. The summed E-state index contributed by atoms with van der Waals surface area (Å²) in [5.41, 5.74) is 35.0. The van der Waals surface area contributed by atoms with Gasteiger partial charge in [-0.05, 0) is 263 Å². The minimum absolute atomic E-state index is 0.270. The molecule has 6 aliphatic rings. The lowest BCUT2D eigenvalue weighted by atomic mass is 9.65. The summed E-state index contributed by atoms with van der Waals surface area (Å²) in [6.45, 7) is 72.1. The maximum atomic E-state index is 4.92. The van der Waals surface area contributed by atoms with Gasteiger partial charge in [-0.15, -0.1) is 0 Å². The summed E-state index contributed by atoms with van der Waals surface area (Å²) in [6.07, 6.45) is 4.68. The van der Waals surface area contributed by atoms with Crippen LogP contribution in [0.5, 0.6) is 0 Å². The Kier molecular flexibility index (Phi) is 14.9. The van der Waals surface area contributed by atoms with Crippen LogP contribution in [0.25, 0.3) is 11.1 Å². The first-order valence-corrected chi connectivity index (χ1v) is 28.2. The highest BCUT2D eigenvalue weighted by Crippen LogP contribution is 2.63. The average molecular weight is 930 g/mol. The van der Waals surface area contributed by atoms with E-state index in [4.69, 9.17) is 13.2 Å². The highest BCUT2D eigenvalue weighted by Gasteiger charge is 2.48. The van der Waals surface area contributed by atoms with Gasteiger partial charge in [-0.25, -0.2) is 0 Å². The number of hydrogen-bond donors (Lipinski definition) is 0. The van der Waals surface area contributed by atoms with E-state index < -0.39 is 0 Å². The van der Waals surface area contributed by atoms with E-state index in [2.05, 4.69) is 179 Å². The molecule has 1 aromatic carbocycles. The zero-order valence-electron chi connectivity index (χ0n) is 49.1. The van der Waals surface area contributed by atoms with Crippen LogP contribution < -0.4 is 0 Å². The van der Waals surface area contributed by atoms with E-state index >= 15 is 0 Å². The number of benzene rings is 1. The molecule has 0 spiro atoms. The molecule has 0 N–H and O–H groups in total. The van der Waals surface area contributed by atoms with E-state index in [0.717, 1.165) is 12.8 Å². The molecular weight excluding hydrogens is 829 g/mol. The summed E-state index contributed by atoms with van der Waals surface area (Å²) in [6, 6.07) is 0. The van der Waals surface area contributed by atoms with Gasteiger partial charge in [0.2, 0.25) is 0 Å². The second kappa shape index (κ2) is 19.2. The molecule has 1 aromatic rings. The monoisotopic (exact) mass is 929 g/mol. The molecule has 14 unspecified atom stereocenters. The molecule has 376 valence electrons. The van der Waals surface area contributed by atoms with Crippen molar-refractivity contribution in [1.82, 2.24) is 0 Å². The van der Waals surface area contributed by atoms with Gasteiger partial charge in [0.05, 0.1) is 0 Å². The smallest absolute Gasteiger partial charge is 0.0132 e. The van der Waals surface area contributed by atoms with Crippen LogP contribution in [-0.2, 0) is 0 Å². The Hall–Kier alpha value is -3.38. The molecule has 7 rings (SSSR count). The number of hydrogen-bond acceptors (Lipinski definition) is 0. The number of rotatable bonds is 15. The largest absolute Gasteiger partial charge is 0.0946 e. The van der Waals surface area contributed by atoms with Crippen molar-refractivity contribution >= 4 is 11.1 Å². The first kappa shape index (κ1) is 53.4. The number of fused-ring (bicyclic) bond motifs is 3. The molecule has 6 aliphatic carbocycles. The Bertz CT molecular complexity index is 2610. The van der Waals surface area contributed by atoms with Crippen molar-refractivity contribution in [3.8, 4) is 0 Å². The van der Waals surface area contributed by atoms with E-state index in [0.29, 0.717) is 88.8 Å². The van der Waals surface area contributed by atoms with Gasteiger partial charge in [-0.1, -0.05) is 141 Å². The van der Waals surface area contributed by atoms with E-state index in [-0.39, 0.29) is 5.92 Å². The lowest BCUT2D eigenvalue weighted by Crippen LogP contribution is -2.31. The Morgan fingerprint density at radius 2 is 0.841 bits per heavy atom. The molecule has 0 saturated heterocycles. The van der Waals surface area contributed by atoms with Crippen molar-refractivity contribution in [2.75, 3.05) is 0 Å². The van der Waals surface area contributed by atoms with Crippen molar-refractivity contribution in [2.24, 2.45) is 82.9 Å². The van der Waals surface area contributed by atoms with Crippen LogP contribution >= 0.6 is 0 Å². The lowest BCUT2D eigenvalue weighted by molar-refractivity contribution is 0.138. The van der Waals surface area contributed by atoms with Gasteiger partial charge in [-0.2, -0.15) is 0 Å². The Labute approximate surface area is 425 Å². The van der Waals surface area contributed by atoms with Crippen LogP contribution in [0.15, 0.2) is 103 Å². The minimum Gasteiger partial charge on any atom is -0.0946 e. The highest BCUT2D eigenvalue weighted by molar-refractivity contribution is 5.91. The quantitative estimate of drug-likeness (QED) is 0.164. The van der Waals surface area contributed by atoms with Gasteiger partial charge < -0.3 is 0 Å². The molecule has 0 aromatic heterocycles. The van der Waals surface area contributed by atoms with Crippen LogP contribution in [0.2, 0.25) is 0 Å². The summed E-state index contributed by atoms with van der Waals surface area (Å²) >= 11 is 0. The van der Waals surface area contributed by atoms with Crippen LogP contribution in [0.3, 0.4) is 0 Å². The fourth-order valence-corrected chi connectivity index (χ4v) is 15.8. The van der Waals surface area contributed by atoms with Gasteiger partial charge in [-0.3, -0.25) is 0 Å². The second-order valence-electron chi connectivity index (χ2n) is 26.0. The predicted octanol–water partition coefficient (Wildman–Crippen LogP) is 20.4. The first-order chi connectivity index (χ1) is 32.0. The maximum absolute atomic E-state index is 4.92. The summed E-state index contributed by atoms with van der Waals surface area (Å²) in [7, 11) is 0. The summed E-state index contributed by atoms with van der Waals surface area (Å²) < 4.78 is 0. The lowest BCUT2D eigenvalue weighted by Gasteiger charge is -2.39. The molecule has 14 atom stereocenters. The molecule has 0 aliphatic heterocycles. The van der Waals surface area contributed by atoms with E-state index in [1.807, 2.05) is 0 Å². The topological polar surface area (TPSA) is 0 Å². The summed E-state index contributed by atoms with van der Waals surface area (Å²) in [5, 5.41) is 0. The molecule has 0 radical (unpaired) electrons. The van der Waals surface area contributed by atoms with Gasteiger partial charge in [0.25, 0.3) is 0 Å². The molecule has 0 saturated carbocycles. The predicted molar refractivity (Wildman–Crippen MR) is 305 cm³/mol. The normalized spacial score (nSPS) is 27.4. The highest BCUT2D eigenvalue weighted by atomic mass is 14.5. The van der Waals surface area contributed by atoms with E-state index in [1.165, 1.54) is 66.9 Å². The van der Waals surface area contributed by atoms with Crippen molar-refractivity contribution in [2.45, 2.75) is 198 Å². The van der Waals surface area contributed by atoms with E-state index in [9.17, 15) is 0 Å². The second-order valence-corrected chi connectivity index (χ2v) is 26.0. The van der Waals surface area contributed by atoms with Crippen molar-refractivity contribution in [3.05, 3.63) is 136 Å². The van der Waals surface area contributed by atoms with E-state index in [1.54, 1.807) is 61.2 Å². The number of allylic oxidation sites excluding steroid dienone is 18. The van der Waals surface area contributed by atoms with Crippen molar-refractivity contribution < 1.29 is 0 Å². The SMILES string of the molecule is C=C1C2=C(C3=C(C)C(C)=C(C)C3)C(C)C(=C)C2=C(C2=C(C)C=C(C3=C(C)c4c(C)c5c(c(C)c4C3C(C)C(C)C(C)C(C)C(C)C(C)C)C(C)=C(C)C5C(C)C(C)C(C)C(C)C(C)C(C)C)C2)C1C. The summed E-state index contributed by atoms with van der Waals surface area (Å²) in [5.74, 6) is 8.92. The van der Waals surface area contributed by atoms with Crippen LogP contribution in [-0.4, -0.2) is 0 Å². The standard InChI is InChI=1S/C69H100/c1-31(2)35(7)38(10)40(12)42(14)45(17)59-47(19)48(20)60-54(26)69-61(55(27)68(59)60)53(25)62(65(69)46(18)43(15)41(13)39(11)36(8)32(3)4)56-28-34(6)57(30-56)63-49(21)51(23)67-64(50(22)52(24)66(63)67)58-29-33(5)37(9)44(58)16/h28,31-32,35-36,38-43,45-46,49-50,59,65H,23-24,29-30H2,1-22,25-27H3. The Morgan fingerprint density at radius 1 is 0.435 bits per heavy atom. The third kappa shape index (κ3) is 8.12. The van der Waals surface area contributed by atoms with Crippen LogP contribution in [0, 0.1) is 96.7 Å². The molecule has 0 amide bonds. The average Bonchev–Trinajstić information content (AvgIpc) is 4.10. The van der Waals surface area contributed by atoms with Crippen LogP contribution in [0.4, 0.5) is 0 Å².